The van der Waals surface area contributed by atoms with Crippen molar-refractivity contribution < 1.29 is 13.2 Å². The minimum absolute atomic E-state index is 0.0618. The summed E-state index contributed by atoms with van der Waals surface area (Å²) in [4.78, 5) is 12.5. The van der Waals surface area contributed by atoms with Crippen LogP contribution in [0.1, 0.15) is 35.2 Å². The number of rotatable bonds is 2. The summed E-state index contributed by atoms with van der Waals surface area (Å²) in [5.74, 6) is 0.141. The Morgan fingerprint density at radius 1 is 1.28 bits per heavy atom. The van der Waals surface area contributed by atoms with Crippen LogP contribution in [0.3, 0.4) is 0 Å². The quantitative estimate of drug-likeness (QED) is 0.812. The number of sulfone groups is 1. The van der Waals surface area contributed by atoms with Crippen molar-refractivity contribution in [3.8, 4) is 0 Å². The van der Waals surface area contributed by atoms with E-state index in [0.717, 1.165) is 18.4 Å². The number of hydrogen-bond acceptors (Lipinski definition) is 4. The van der Waals surface area contributed by atoms with E-state index in [4.69, 9.17) is 5.73 Å². The summed E-state index contributed by atoms with van der Waals surface area (Å²) in [7, 11) is -3.15. The van der Waals surface area contributed by atoms with Crippen LogP contribution in [0, 0.1) is 0 Å². The highest BCUT2D eigenvalue weighted by Crippen LogP contribution is 2.36. The maximum Gasteiger partial charge on any atom is 0.182 e. The molecule has 1 aromatic carbocycles. The second-order valence-corrected chi connectivity index (χ2v) is 7.31. The lowest BCUT2D eigenvalue weighted by Crippen LogP contribution is -2.33. The summed E-state index contributed by atoms with van der Waals surface area (Å²) in [6, 6.07) is 4.86. The fourth-order valence-corrected chi connectivity index (χ4v) is 4.01. The molecule has 1 aliphatic heterocycles. The van der Waals surface area contributed by atoms with Gasteiger partial charge in [-0.25, -0.2) is 8.42 Å². The number of Topliss-reactive ketones (excluding diaryl/α,β-unsaturated/α-hetero) is 1. The Kier molecular flexibility index (Phi) is 2.40. The average molecular weight is 265 g/mol. The summed E-state index contributed by atoms with van der Waals surface area (Å²) in [6.07, 6.45) is 2.79. The molecule has 0 aromatic heterocycles. The lowest BCUT2D eigenvalue weighted by Gasteiger charge is -2.17. The van der Waals surface area contributed by atoms with Crippen LogP contribution in [-0.2, 0) is 16.3 Å². The summed E-state index contributed by atoms with van der Waals surface area (Å²) >= 11 is 0. The molecule has 18 heavy (non-hydrogen) atoms. The Balaban J connectivity index is 2.04. The van der Waals surface area contributed by atoms with E-state index in [2.05, 4.69) is 0 Å². The van der Waals surface area contributed by atoms with Crippen molar-refractivity contribution in [1.82, 2.24) is 0 Å². The van der Waals surface area contributed by atoms with E-state index in [-0.39, 0.29) is 11.5 Å². The molecule has 1 aromatic rings. The van der Waals surface area contributed by atoms with Crippen LogP contribution in [-0.4, -0.2) is 25.5 Å². The van der Waals surface area contributed by atoms with E-state index < -0.39 is 15.4 Å². The van der Waals surface area contributed by atoms with Gasteiger partial charge in [0, 0.05) is 5.56 Å². The van der Waals surface area contributed by atoms with Crippen LogP contribution >= 0.6 is 0 Å². The largest absolute Gasteiger partial charge is 0.319 e. The molecule has 0 saturated heterocycles. The normalized spacial score (nSPS) is 23.2. The topological polar surface area (TPSA) is 77.2 Å². The number of nitrogens with two attached hydrogens (primary N) is 1. The Morgan fingerprint density at radius 2 is 2.00 bits per heavy atom. The zero-order valence-corrected chi connectivity index (χ0v) is 10.8. The minimum Gasteiger partial charge on any atom is -0.319 e. The lowest BCUT2D eigenvalue weighted by atomic mass is 9.99. The minimum atomic E-state index is -3.15. The molecule has 0 atom stereocenters. The van der Waals surface area contributed by atoms with E-state index in [0.29, 0.717) is 23.3 Å². The maximum absolute atomic E-state index is 12.1. The zero-order valence-electron chi connectivity index (χ0n) is 9.98. The molecule has 0 unspecified atom stereocenters. The van der Waals surface area contributed by atoms with Gasteiger partial charge in [-0.3, -0.25) is 4.79 Å². The van der Waals surface area contributed by atoms with Crippen LogP contribution in [0.2, 0.25) is 0 Å². The van der Waals surface area contributed by atoms with Crippen LogP contribution in [0.4, 0.5) is 0 Å². The molecule has 2 N–H and O–H groups in total. The molecule has 1 fully saturated rings. The number of fused-ring (bicyclic) bond motifs is 1. The molecular formula is C13H15NO3S. The Morgan fingerprint density at radius 3 is 2.67 bits per heavy atom. The molecule has 0 bridgehead atoms. The monoisotopic (exact) mass is 265 g/mol. The molecule has 5 heteroatoms. The van der Waals surface area contributed by atoms with Gasteiger partial charge in [-0.15, -0.1) is 0 Å². The van der Waals surface area contributed by atoms with Gasteiger partial charge < -0.3 is 5.73 Å². The molecule has 1 heterocycles. The third-order valence-corrected chi connectivity index (χ3v) is 5.65. The molecule has 0 amide bonds. The molecule has 0 spiro atoms. The van der Waals surface area contributed by atoms with E-state index in [9.17, 15) is 13.2 Å². The molecule has 0 radical (unpaired) electrons. The first kappa shape index (κ1) is 11.9. The molecule has 4 nitrogen and oxygen atoms in total. The Hall–Kier alpha value is -1.20. The highest BCUT2D eigenvalue weighted by molar-refractivity contribution is 7.91. The number of carbonyl (C=O) groups excluding carboxylic acids is 1. The number of carbonyl (C=O) groups is 1. The standard InChI is InChI=1S/C13H15NO3S/c14-13(5-6-13)12(15)10-3-4-11-9(8-10)2-1-7-18(11,16)17/h3-4,8H,1-2,5-7,14H2. The molecular weight excluding hydrogens is 250 g/mol. The average Bonchev–Trinajstić information content (AvgIpc) is 3.07. The zero-order chi connectivity index (χ0) is 13.0. The Labute approximate surface area is 106 Å². The number of ketones is 1. The van der Waals surface area contributed by atoms with Crippen molar-refractivity contribution >= 4 is 15.6 Å². The third-order valence-electron chi connectivity index (χ3n) is 3.76. The molecule has 1 aliphatic carbocycles. The lowest BCUT2D eigenvalue weighted by molar-refractivity contribution is 0.0949. The Bertz CT molecular complexity index is 630. The SMILES string of the molecule is NC1(C(=O)c2ccc3c(c2)CCCS3(=O)=O)CC1. The second kappa shape index (κ2) is 3.65. The summed E-state index contributed by atoms with van der Waals surface area (Å²) < 4.78 is 23.7. The van der Waals surface area contributed by atoms with Gasteiger partial charge in [0.1, 0.15) is 0 Å². The van der Waals surface area contributed by atoms with Crippen molar-refractivity contribution in [2.75, 3.05) is 5.75 Å². The van der Waals surface area contributed by atoms with Gasteiger partial charge in [-0.2, -0.15) is 0 Å². The van der Waals surface area contributed by atoms with E-state index in [1.54, 1.807) is 18.2 Å². The first-order valence-electron chi connectivity index (χ1n) is 6.12. The van der Waals surface area contributed by atoms with Gasteiger partial charge in [0.2, 0.25) is 0 Å². The van der Waals surface area contributed by atoms with Crippen molar-refractivity contribution in [1.29, 1.82) is 0 Å². The van der Waals surface area contributed by atoms with Gasteiger partial charge in [0.05, 0.1) is 16.2 Å². The van der Waals surface area contributed by atoms with Crippen molar-refractivity contribution in [3.63, 3.8) is 0 Å². The molecule has 2 aliphatic rings. The van der Waals surface area contributed by atoms with Gasteiger partial charge in [-0.05, 0) is 43.4 Å². The predicted octanol–water partition coefficient (Wildman–Crippen LogP) is 1.08. The van der Waals surface area contributed by atoms with Crippen LogP contribution in [0.25, 0.3) is 0 Å². The van der Waals surface area contributed by atoms with Gasteiger partial charge in [-0.1, -0.05) is 6.07 Å². The van der Waals surface area contributed by atoms with E-state index in [1.807, 2.05) is 0 Å². The summed E-state index contributed by atoms with van der Waals surface area (Å²) in [5, 5.41) is 0. The maximum atomic E-state index is 12.1. The highest BCUT2D eigenvalue weighted by Gasteiger charge is 2.46. The third kappa shape index (κ3) is 1.78. The van der Waals surface area contributed by atoms with Gasteiger partial charge >= 0.3 is 0 Å². The van der Waals surface area contributed by atoms with Gasteiger partial charge in [0.25, 0.3) is 0 Å². The summed E-state index contributed by atoms with van der Waals surface area (Å²) in [6.45, 7) is 0. The van der Waals surface area contributed by atoms with Crippen molar-refractivity contribution in [2.45, 2.75) is 36.1 Å². The summed E-state index contributed by atoms with van der Waals surface area (Å²) in [5.41, 5.74) is 6.50. The predicted molar refractivity (Wildman–Crippen MR) is 67.3 cm³/mol. The number of benzene rings is 1. The van der Waals surface area contributed by atoms with Crippen LogP contribution in [0.5, 0.6) is 0 Å². The molecule has 3 rings (SSSR count). The highest BCUT2D eigenvalue weighted by atomic mass is 32.2. The number of aryl methyl sites for hydroxylation is 1. The number of hydrogen-bond donors (Lipinski definition) is 1. The first-order valence-corrected chi connectivity index (χ1v) is 7.77. The van der Waals surface area contributed by atoms with Gasteiger partial charge in [0.15, 0.2) is 15.6 Å². The molecule has 96 valence electrons. The fourth-order valence-electron chi connectivity index (χ4n) is 2.43. The van der Waals surface area contributed by atoms with E-state index >= 15 is 0 Å². The van der Waals surface area contributed by atoms with Crippen molar-refractivity contribution in [3.05, 3.63) is 29.3 Å². The van der Waals surface area contributed by atoms with Crippen LogP contribution in [0.15, 0.2) is 23.1 Å². The van der Waals surface area contributed by atoms with Crippen LogP contribution < -0.4 is 5.73 Å². The first-order chi connectivity index (χ1) is 8.42. The van der Waals surface area contributed by atoms with E-state index in [1.165, 1.54) is 0 Å². The smallest absolute Gasteiger partial charge is 0.182 e. The second-order valence-electron chi connectivity index (χ2n) is 5.23. The van der Waals surface area contributed by atoms with Crippen molar-refractivity contribution in [2.24, 2.45) is 5.73 Å². The molecule has 1 saturated carbocycles. The fraction of sp³-hybridized carbons (Fsp3) is 0.462.